The molecule has 0 unspecified atom stereocenters. The van der Waals surface area contributed by atoms with Gasteiger partial charge in [-0.1, -0.05) is 0 Å². The number of pyridine rings is 1. The van der Waals surface area contributed by atoms with Gasteiger partial charge in [-0.15, -0.1) is 0 Å². The van der Waals surface area contributed by atoms with Crippen molar-refractivity contribution in [1.29, 1.82) is 0 Å². The van der Waals surface area contributed by atoms with Crippen molar-refractivity contribution >= 4 is 17.4 Å². The third-order valence-electron chi connectivity index (χ3n) is 7.11. The second kappa shape index (κ2) is 8.59. The van der Waals surface area contributed by atoms with Gasteiger partial charge in [-0.25, -0.2) is 9.97 Å². The third-order valence-corrected chi connectivity index (χ3v) is 7.11. The molecule has 0 bridgehead atoms. The molecule has 2 aromatic rings. The van der Waals surface area contributed by atoms with Gasteiger partial charge in [0.15, 0.2) is 5.65 Å². The summed E-state index contributed by atoms with van der Waals surface area (Å²) in [6.07, 6.45) is 7.07. The summed E-state index contributed by atoms with van der Waals surface area (Å²) in [7, 11) is 3.35. The summed E-state index contributed by atoms with van der Waals surface area (Å²) >= 11 is 0. The van der Waals surface area contributed by atoms with Crippen molar-refractivity contribution < 1.29 is 19.0 Å². The fourth-order valence-corrected chi connectivity index (χ4v) is 4.98. The molecule has 0 spiro atoms. The highest BCUT2D eigenvalue weighted by Gasteiger charge is 2.34. The van der Waals surface area contributed by atoms with Crippen LogP contribution in [0.3, 0.4) is 0 Å². The smallest absolute Gasteiger partial charge is 0.257 e. The molecule has 4 aliphatic rings. The van der Waals surface area contributed by atoms with Crippen molar-refractivity contribution in [2.45, 2.75) is 37.1 Å². The number of ether oxygens (including phenoxy) is 3. The number of hydrogen-bond donors (Lipinski definition) is 2. The lowest BCUT2D eigenvalue weighted by molar-refractivity contribution is 0.00732. The van der Waals surface area contributed by atoms with Crippen molar-refractivity contribution in [2.24, 2.45) is 0 Å². The van der Waals surface area contributed by atoms with Crippen LogP contribution in [0.2, 0.25) is 0 Å². The Morgan fingerprint density at radius 3 is 2.80 bits per heavy atom. The number of nitrogens with zero attached hydrogens (tertiary/aromatic N) is 5. The van der Waals surface area contributed by atoms with Crippen LogP contribution >= 0.6 is 0 Å². The number of rotatable bonds is 6. The SMILES string of the molecule is CO[C@H]1CC[C@@H]1NC(=O)c1cnn2c(N)cc(-c3cnc4n([C@H]5COC[C@@H]5OC)cccc3-4)nc12. The van der Waals surface area contributed by atoms with E-state index in [1.807, 2.05) is 18.3 Å². The van der Waals surface area contributed by atoms with E-state index in [2.05, 4.69) is 15.0 Å². The lowest BCUT2D eigenvalue weighted by Crippen LogP contribution is -2.51. The average molecular weight is 478 g/mol. The monoisotopic (exact) mass is 477 g/mol. The molecule has 3 aliphatic heterocycles. The Kier molecular flexibility index (Phi) is 5.39. The average Bonchev–Trinajstić information content (AvgIpc) is 3.59. The Bertz CT molecular complexity index is 1360. The van der Waals surface area contributed by atoms with Gasteiger partial charge >= 0.3 is 0 Å². The lowest BCUT2D eigenvalue weighted by Gasteiger charge is -2.35. The number of nitrogen functional groups attached to an aromatic ring is 1. The molecule has 1 aliphatic carbocycles. The molecule has 2 aromatic heterocycles. The molecule has 1 saturated carbocycles. The van der Waals surface area contributed by atoms with Gasteiger partial charge < -0.3 is 29.8 Å². The highest BCUT2D eigenvalue weighted by molar-refractivity contribution is 6.00. The fraction of sp³-hybridized carbons (Fsp3) is 0.417. The first-order valence-electron chi connectivity index (χ1n) is 11.6. The molecule has 5 heterocycles. The molecule has 3 N–H and O–H groups in total. The Balaban J connectivity index is 1.36. The first kappa shape index (κ1) is 22.0. The second-order valence-electron chi connectivity index (χ2n) is 8.99. The van der Waals surface area contributed by atoms with Gasteiger partial charge in [0.1, 0.15) is 23.3 Å². The number of amides is 1. The summed E-state index contributed by atoms with van der Waals surface area (Å²) < 4.78 is 20.2. The second-order valence-corrected chi connectivity index (χ2v) is 8.99. The zero-order valence-electron chi connectivity index (χ0n) is 19.5. The highest BCUT2D eigenvalue weighted by atomic mass is 16.5. The normalized spacial score (nSPS) is 24.2. The van der Waals surface area contributed by atoms with Crippen LogP contribution < -0.4 is 11.1 Å². The van der Waals surface area contributed by atoms with Gasteiger partial charge in [-0.2, -0.15) is 9.61 Å². The minimum Gasteiger partial charge on any atom is -0.384 e. The highest BCUT2D eigenvalue weighted by Crippen LogP contribution is 2.36. The first-order valence-corrected chi connectivity index (χ1v) is 11.6. The number of nitrogens with two attached hydrogens (primary N) is 1. The van der Waals surface area contributed by atoms with E-state index in [1.54, 1.807) is 26.5 Å². The molecule has 35 heavy (non-hydrogen) atoms. The molecule has 6 rings (SSSR count). The fourth-order valence-electron chi connectivity index (χ4n) is 4.98. The van der Waals surface area contributed by atoms with Gasteiger partial charge in [-0.3, -0.25) is 4.79 Å². The minimum absolute atomic E-state index is 0.0165. The summed E-state index contributed by atoms with van der Waals surface area (Å²) in [4.78, 5) is 22.5. The zero-order chi connectivity index (χ0) is 24.1. The summed E-state index contributed by atoms with van der Waals surface area (Å²) in [6.45, 7) is 1.10. The van der Waals surface area contributed by atoms with Gasteiger partial charge in [0.2, 0.25) is 0 Å². The molecule has 2 fully saturated rings. The molecule has 1 amide bonds. The number of carbonyl (C=O) groups is 1. The maximum atomic E-state index is 13.0. The number of methoxy groups -OCH3 is 2. The predicted molar refractivity (Wildman–Crippen MR) is 127 cm³/mol. The topological polar surface area (TPSA) is 131 Å². The Labute approximate surface area is 201 Å². The molecule has 11 nitrogen and oxygen atoms in total. The zero-order valence-corrected chi connectivity index (χ0v) is 19.5. The lowest BCUT2D eigenvalue weighted by atomic mass is 9.89. The van der Waals surface area contributed by atoms with Crippen LogP contribution in [0.25, 0.3) is 28.3 Å². The summed E-state index contributed by atoms with van der Waals surface area (Å²) in [6, 6.07) is 5.73. The van der Waals surface area contributed by atoms with Crippen LogP contribution in [0.5, 0.6) is 0 Å². The first-order chi connectivity index (χ1) is 17.1. The van der Waals surface area contributed by atoms with E-state index in [9.17, 15) is 4.79 Å². The van der Waals surface area contributed by atoms with Crippen LogP contribution in [-0.4, -0.2) is 75.7 Å². The van der Waals surface area contributed by atoms with Crippen molar-refractivity contribution in [1.82, 2.24) is 29.5 Å². The molecule has 11 heteroatoms. The number of fused-ring (bicyclic) bond motifs is 2. The molecule has 1 saturated heterocycles. The molecule has 0 radical (unpaired) electrons. The van der Waals surface area contributed by atoms with Crippen LogP contribution in [0.1, 0.15) is 29.2 Å². The van der Waals surface area contributed by atoms with E-state index in [0.29, 0.717) is 35.9 Å². The molecular formula is C24H27N7O4. The molecule has 4 atom stereocenters. The maximum Gasteiger partial charge on any atom is 0.257 e. The standard InChI is InChI=1S/C24H27N7O4/c1-33-19-6-5-16(19)29-24(32)15-10-27-31-21(25)8-17(28-23(15)31)14-9-26-22-13(14)4-3-7-30(22)18-11-35-12-20(18)34-2/h3-4,7-10,16,18-20H,5-6,11-12,25H2,1-2H3,(H,29,32)/t16-,18-,19-,20-/m0/s1. The van der Waals surface area contributed by atoms with Crippen LogP contribution in [-0.2, 0) is 14.2 Å². The number of anilines is 1. The molecular weight excluding hydrogens is 450 g/mol. The van der Waals surface area contributed by atoms with E-state index < -0.39 is 0 Å². The van der Waals surface area contributed by atoms with E-state index in [0.717, 1.165) is 29.8 Å². The van der Waals surface area contributed by atoms with Crippen molar-refractivity contribution in [2.75, 3.05) is 33.2 Å². The molecule has 182 valence electrons. The number of hydrogen-bond acceptors (Lipinski definition) is 8. The van der Waals surface area contributed by atoms with Gasteiger partial charge in [0, 0.05) is 43.8 Å². The van der Waals surface area contributed by atoms with Gasteiger partial charge in [0.25, 0.3) is 5.91 Å². The summed E-state index contributed by atoms with van der Waals surface area (Å²) in [5, 5.41) is 7.31. The quantitative estimate of drug-likeness (QED) is 0.430. The van der Waals surface area contributed by atoms with Crippen molar-refractivity contribution in [3.8, 4) is 22.6 Å². The van der Waals surface area contributed by atoms with Crippen molar-refractivity contribution in [3.63, 3.8) is 0 Å². The minimum atomic E-state index is -0.244. The van der Waals surface area contributed by atoms with E-state index in [4.69, 9.17) is 29.9 Å². The maximum absolute atomic E-state index is 13.0. The van der Waals surface area contributed by atoms with Gasteiger partial charge in [0.05, 0.1) is 43.3 Å². The number of nitrogens with one attached hydrogen (secondary N) is 1. The van der Waals surface area contributed by atoms with Crippen LogP contribution in [0.15, 0.2) is 36.8 Å². The third kappa shape index (κ3) is 3.54. The Morgan fingerprint density at radius 1 is 1.17 bits per heavy atom. The van der Waals surface area contributed by atoms with E-state index >= 15 is 0 Å². The summed E-state index contributed by atoms with van der Waals surface area (Å²) in [5.41, 5.74) is 9.45. The van der Waals surface area contributed by atoms with E-state index in [1.165, 1.54) is 10.7 Å². The molecule has 0 aromatic carbocycles. The Hall–Kier alpha value is -3.54. The largest absolute Gasteiger partial charge is 0.384 e. The summed E-state index contributed by atoms with van der Waals surface area (Å²) in [5.74, 6) is 0.942. The van der Waals surface area contributed by atoms with Crippen molar-refractivity contribution in [3.05, 3.63) is 42.4 Å². The van der Waals surface area contributed by atoms with Crippen LogP contribution in [0.4, 0.5) is 5.82 Å². The van der Waals surface area contributed by atoms with Gasteiger partial charge in [-0.05, 0) is 25.0 Å². The Morgan fingerprint density at radius 2 is 2.03 bits per heavy atom. The number of carbonyl (C=O) groups excluding carboxylic acids is 1. The predicted octanol–water partition coefficient (Wildman–Crippen LogP) is 1.77. The van der Waals surface area contributed by atoms with Crippen LogP contribution in [0, 0.1) is 0 Å². The number of aromatic nitrogens is 5. The van der Waals surface area contributed by atoms with E-state index in [-0.39, 0.29) is 30.2 Å².